The smallest absolute Gasteiger partial charge is 0.138 e. The minimum absolute atomic E-state index is 0.926. The average molecular weight is 311 g/mol. The topological polar surface area (TPSA) is 9.23 Å². The van der Waals surface area contributed by atoms with Crippen molar-refractivity contribution in [2.24, 2.45) is 0 Å². The molecule has 0 N–H and O–H groups in total. The van der Waals surface area contributed by atoms with Crippen LogP contribution in [0.15, 0.2) is 59.1 Å². The molecule has 0 radical (unpaired) electrons. The molecule has 0 amide bonds. The molecule has 2 heteroatoms. The predicted octanol–water partition coefficient (Wildman–Crippen LogP) is 5.30. The first-order chi connectivity index (χ1) is 9.31. The summed E-state index contributed by atoms with van der Waals surface area (Å²) < 4.78 is 7.22. The van der Waals surface area contributed by atoms with Crippen LogP contribution in [0.1, 0.15) is 11.1 Å². The number of rotatable bonds is 0. The number of benzene rings is 3. The largest absolute Gasteiger partial charge is 0.456 e. The highest BCUT2D eigenvalue weighted by atomic mass is 79.9. The van der Waals surface area contributed by atoms with Crippen LogP contribution in [0.5, 0.6) is 11.5 Å². The number of ether oxygens (including phenoxy) is 1. The maximum absolute atomic E-state index is 6.12. The highest BCUT2D eigenvalue weighted by Crippen LogP contribution is 2.41. The number of halogens is 1. The highest BCUT2D eigenvalue weighted by molar-refractivity contribution is 9.10. The fourth-order valence-electron chi connectivity index (χ4n) is 2.65. The van der Waals surface area contributed by atoms with Gasteiger partial charge in [0.15, 0.2) is 0 Å². The van der Waals surface area contributed by atoms with Crippen LogP contribution in [0.4, 0.5) is 0 Å². The van der Waals surface area contributed by atoms with Gasteiger partial charge in [-0.15, -0.1) is 0 Å². The fourth-order valence-corrected chi connectivity index (χ4v) is 3.06. The third-order valence-corrected chi connectivity index (χ3v) is 4.07. The zero-order chi connectivity index (χ0) is 12.8. The molecular weight excluding hydrogens is 300 g/mol. The third-order valence-electron chi connectivity index (χ3n) is 3.58. The molecule has 0 aliphatic carbocycles. The summed E-state index contributed by atoms with van der Waals surface area (Å²) in [5.41, 5.74) is 2.49. The van der Waals surface area contributed by atoms with E-state index in [9.17, 15) is 0 Å². The van der Waals surface area contributed by atoms with Gasteiger partial charge in [0.25, 0.3) is 0 Å². The van der Waals surface area contributed by atoms with Gasteiger partial charge in [0.05, 0.1) is 0 Å². The molecule has 0 spiro atoms. The van der Waals surface area contributed by atoms with Crippen molar-refractivity contribution in [2.45, 2.75) is 6.42 Å². The van der Waals surface area contributed by atoms with Crippen LogP contribution in [0.2, 0.25) is 0 Å². The van der Waals surface area contributed by atoms with Gasteiger partial charge >= 0.3 is 0 Å². The molecule has 0 aromatic heterocycles. The van der Waals surface area contributed by atoms with Crippen LogP contribution in [0, 0.1) is 0 Å². The van der Waals surface area contributed by atoms with E-state index in [1.165, 1.54) is 21.9 Å². The minimum atomic E-state index is 0.926. The monoisotopic (exact) mass is 310 g/mol. The molecule has 1 nitrogen and oxygen atoms in total. The molecule has 3 aromatic carbocycles. The molecule has 1 aliphatic rings. The lowest BCUT2D eigenvalue weighted by atomic mass is 9.97. The Bertz CT molecular complexity index is 792. The highest BCUT2D eigenvalue weighted by Gasteiger charge is 2.18. The molecule has 3 aromatic rings. The molecule has 0 saturated carbocycles. The Kier molecular flexibility index (Phi) is 2.39. The van der Waals surface area contributed by atoms with Crippen molar-refractivity contribution < 1.29 is 4.74 Å². The van der Waals surface area contributed by atoms with Gasteiger partial charge in [-0.25, -0.2) is 0 Å². The Hall–Kier alpha value is -1.80. The molecule has 0 fully saturated rings. The summed E-state index contributed by atoms with van der Waals surface area (Å²) in [6.45, 7) is 0. The normalized spacial score (nSPS) is 12.7. The first-order valence-electron chi connectivity index (χ1n) is 6.28. The zero-order valence-electron chi connectivity index (χ0n) is 10.2. The van der Waals surface area contributed by atoms with E-state index in [-0.39, 0.29) is 0 Å². The summed E-state index contributed by atoms with van der Waals surface area (Å²) in [5, 5.41) is 2.41. The van der Waals surface area contributed by atoms with Gasteiger partial charge in [0.2, 0.25) is 0 Å². The zero-order valence-corrected chi connectivity index (χ0v) is 11.8. The third kappa shape index (κ3) is 1.75. The van der Waals surface area contributed by atoms with E-state index in [1.54, 1.807) is 0 Å². The van der Waals surface area contributed by atoms with Crippen LogP contribution in [0.25, 0.3) is 10.8 Å². The summed E-state index contributed by atoms with van der Waals surface area (Å²) in [6.07, 6.45) is 0.926. The van der Waals surface area contributed by atoms with E-state index in [4.69, 9.17) is 4.74 Å². The summed E-state index contributed by atoms with van der Waals surface area (Å²) in [7, 11) is 0. The lowest BCUT2D eigenvalue weighted by Crippen LogP contribution is -2.03. The van der Waals surface area contributed by atoms with Gasteiger partial charge in [-0.1, -0.05) is 52.3 Å². The van der Waals surface area contributed by atoms with E-state index in [0.717, 1.165) is 22.4 Å². The molecule has 0 bridgehead atoms. The van der Waals surface area contributed by atoms with Gasteiger partial charge in [-0.3, -0.25) is 0 Å². The molecule has 19 heavy (non-hydrogen) atoms. The maximum Gasteiger partial charge on any atom is 0.138 e. The Labute approximate surface area is 120 Å². The lowest BCUT2D eigenvalue weighted by molar-refractivity contribution is 0.465. The van der Waals surface area contributed by atoms with Crippen molar-refractivity contribution in [1.82, 2.24) is 0 Å². The van der Waals surface area contributed by atoms with Crippen LogP contribution < -0.4 is 4.74 Å². The van der Waals surface area contributed by atoms with Gasteiger partial charge < -0.3 is 4.74 Å². The van der Waals surface area contributed by atoms with Gasteiger partial charge in [0, 0.05) is 21.8 Å². The van der Waals surface area contributed by atoms with Gasteiger partial charge in [-0.2, -0.15) is 0 Å². The summed E-state index contributed by atoms with van der Waals surface area (Å²) in [4.78, 5) is 0. The van der Waals surface area contributed by atoms with E-state index < -0.39 is 0 Å². The molecular formula is C17H11BrO. The summed E-state index contributed by atoms with van der Waals surface area (Å²) >= 11 is 3.51. The molecule has 1 aliphatic heterocycles. The fraction of sp³-hybridized carbons (Fsp3) is 0.0588. The second kappa shape index (κ2) is 4.10. The van der Waals surface area contributed by atoms with Crippen molar-refractivity contribution in [1.29, 1.82) is 0 Å². The van der Waals surface area contributed by atoms with Gasteiger partial charge in [0.1, 0.15) is 11.5 Å². The predicted molar refractivity (Wildman–Crippen MR) is 81.0 cm³/mol. The van der Waals surface area contributed by atoms with Crippen LogP contribution >= 0.6 is 15.9 Å². The van der Waals surface area contributed by atoms with E-state index in [0.29, 0.717) is 0 Å². The van der Waals surface area contributed by atoms with E-state index >= 15 is 0 Å². The number of hydrogen-bond acceptors (Lipinski definition) is 1. The molecule has 0 atom stereocenters. The van der Waals surface area contributed by atoms with Crippen molar-refractivity contribution in [2.75, 3.05) is 0 Å². The second-order valence-corrected chi connectivity index (χ2v) is 5.72. The van der Waals surface area contributed by atoms with Crippen molar-refractivity contribution in [3.8, 4) is 11.5 Å². The Morgan fingerprint density at radius 2 is 1.79 bits per heavy atom. The van der Waals surface area contributed by atoms with Crippen molar-refractivity contribution >= 4 is 26.7 Å². The maximum atomic E-state index is 6.12. The van der Waals surface area contributed by atoms with Crippen LogP contribution in [-0.4, -0.2) is 0 Å². The molecule has 4 rings (SSSR count). The first-order valence-corrected chi connectivity index (χ1v) is 7.07. The second-order valence-electron chi connectivity index (χ2n) is 4.81. The molecule has 0 unspecified atom stereocenters. The Balaban J connectivity index is 1.94. The molecule has 92 valence electrons. The molecule has 1 heterocycles. The molecule has 0 saturated heterocycles. The van der Waals surface area contributed by atoms with E-state index in [1.807, 2.05) is 12.1 Å². The number of hydrogen-bond donors (Lipinski definition) is 0. The average Bonchev–Trinajstić information content (AvgIpc) is 2.45. The van der Waals surface area contributed by atoms with E-state index in [2.05, 4.69) is 58.4 Å². The standard InChI is InChI=1S/C17H11BrO/c18-14-7-8-16-13(10-14)9-12-6-5-11-3-1-2-4-15(11)17(12)19-16/h1-8,10H,9H2. The SMILES string of the molecule is Brc1ccc2c(c1)Cc1ccc3ccccc3c1O2. The Morgan fingerprint density at radius 3 is 2.74 bits per heavy atom. The van der Waals surface area contributed by atoms with Crippen LogP contribution in [0.3, 0.4) is 0 Å². The van der Waals surface area contributed by atoms with Crippen LogP contribution in [-0.2, 0) is 6.42 Å². The minimum Gasteiger partial charge on any atom is -0.456 e. The van der Waals surface area contributed by atoms with Crippen molar-refractivity contribution in [3.05, 3.63) is 70.2 Å². The lowest BCUT2D eigenvalue weighted by Gasteiger charge is -2.22. The summed E-state index contributed by atoms with van der Waals surface area (Å²) in [6, 6.07) is 18.9. The van der Waals surface area contributed by atoms with Crippen molar-refractivity contribution in [3.63, 3.8) is 0 Å². The van der Waals surface area contributed by atoms with Gasteiger partial charge in [-0.05, 0) is 29.1 Å². The Morgan fingerprint density at radius 1 is 0.895 bits per heavy atom. The number of fused-ring (bicyclic) bond motifs is 4. The first kappa shape index (κ1) is 11.1. The quantitative estimate of drug-likeness (QED) is 0.428. The summed E-state index contributed by atoms with van der Waals surface area (Å²) in [5.74, 6) is 1.97.